The fourth-order valence-electron chi connectivity index (χ4n) is 3.26. The van der Waals surface area contributed by atoms with Gasteiger partial charge in [0.25, 0.3) is 0 Å². The monoisotopic (exact) mass is 406 g/mol. The molecular formula is C24H26O2SSi. The summed E-state index contributed by atoms with van der Waals surface area (Å²) in [6.07, 6.45) is 1.24. The Morgan fingerprint density at radius 3 is 1.79 bits per heavy atom. The van der Waals surface area contributed by atoms with E-state index >= 15 is 0 Å². The highest BCUT2D eigenvalue weighted by Gasteiger charge is 2.22. The first kappa shape index (κ1) is 20.3. The molecule has 0 radical (unpaired) electrons. The van der Waals surface area contributed by atoms with Crippen LogP contribution < -0.4 is 5.19 Å². The van der Waals surface area contributed by atoms with Crippen molar-refractivity contribution in [2.24, 2.45) is 0 Å². The standard InChI is InChI=1S/C24H26O2SSi/c1-19-10-12-20(13-11-19)24(18-28(3,4)23-8-6-5-7-9-23)21-14-16-22(17-15-21)27(2,25)26/h5-18H,1-4H3. The molecule has 0 fully saturated rings. The Hall–Kier alpha value is -2.43. The van der Waals surface area contributed by atoms with Crippen molar-refractivity contribution < 1.29 is 8.42 Å². The van der Waals surface area contributed by atoms with Crippen molar-refractivity contribution in [2.75, 3.05) is 6.26 Å². The molecule has 28 heavy (non-hydrogen) atoms. The first-order valence-corrected chi connectivity index (χ1v) is 14.3. The van der Waals surface area contributed by atoms with Crippen LogP contribution in [0.3, 0.4) is 0 Å². The largest absolute Gasteiger partial charge is 0.224 e. The van der Waals surface area contributed by atoms with Gasteiger partial charge in [-0.2, -0.15) is 0 Å². The summed E-state index contributed by atoms with van der Waals surface area (Å²) in [6.45, 7) is 6.75. The Kier molecular flexibility index (Phi) is 5.73. The molecule has 0 atom stereocenters. The van der Waals surface area contributed by atoms with Crippen LogP contribution in [-0.2, 0) is 9.84 Å². The maximum absolute atomic E-state index is 11.8. The summed E-state index contributed by atoms with van der Waals surface area (Å²) in [5, 5.41) is 1.37. The summed E-state index contributed by atoms with van der Waals surface area (Å²) in [5.41, 5.74) is 6.96. The fraction of sp³-hybridized carbons (Fsp3) is 0.167. The third-order valence-corrected chi connectivity index (χ3v) is 8.94. The molecule has 0 bridgehead atoms. The lowest BCUT2D eigenvalue weighted by Gasteiger charge is -2.22. The number of hydrogen-bond acceptors (Lipinski definition) is 2. The maximum atomic E-state index is 11.8. The van der Waals surface area contributed by atoms with Crippen molar-refractivity contribution in [2.45, 2.75) is 24.9 Å². The van der Waals surface area contributed by atoms with Gasteiger partial charge in [-0.05, 0) is 35.8 Å². The van der Waals surface area contributed by atoms with Gasteiger partial charge in [-0.3, -0.25) is 0 Å². The van der Waals surface area contributed by atoms with Gasteiger partial charge < -0.3 is 0 Å². The van der Waals surface area contributed by atoms with Crippen LogP contribution in [0.2, 0.25) is 13.1 Å². The molecule has 144 valence electrons. The van der Waals surface area contributed by atoms with E-state index in [0.29, 0.717) is 4.90 Å². The molecule has 0 saturated carbocycles. The Labute approximate surface area is 169 Å². The van der Waals surface area contributed by atoms with E-state index in [-0.39, 0.29) is 0 Å². The van der Waals surface area contributed by atoms with Crippen LogP contribution in [0.1, 0.15) is 16.7 Å². The second-order valence-electron chi connectivity index (χ2n) is 7.81. The highest BCUT2D eigenvalue weighted by Crippen LogP contribution is 2.27. The van der Waals surface area contributed by atoms with Crippen LogP contribution in [0, 0.1) is 6.92 Å². The number of hydrogen-bond donors (Lipinski definition) is 0. The van der Waals surface area contributed by atoms with Crippen molar-refractivity contribution in [3.63, 3.8) is 0 Å². The minimum Gasteiger partial charge on any atom is -0.224 e. The quantitative estimate of drug-likeness (QED) is 0.560. The van der Waals surface area contributed by atoms with Crippen LogP contribution in [0.25, 0.3) is 5.57 Å². The number of sulfone groups is 1. The SMILES string of the molecule is Cc1ccc(C(=C[Si](C)(C)c2ccccc2)c2ccc(S(C)(=O)=O)cc2)cc1. The predicted octanol–water partition coefficient (Wildman–Crippen LogP) is 4.99. The predicted molar refractivity (Wildman–Crippen MR) is 121 cm³/mol. The number of rotatable bonds is 5. The molecule has 0 aliphatic rings. The first-order chi connectivity index (χ1) is 13.2. The van der Waals surface area contributed by atoms with Crippen molar-refractivity contribution >= 4 is 28.7 Å². The Morgan fingerprint density at radius 2 is 1.29 bits per heavy atom. The summed E-state index contributed by atoms with van der Waals surface area (Å²) in [6, 6.07) is 26.4. The third-order valence-electron chi connectivity index (χ3n) is 4.98. The molecule has 0 aliphatic carbocycles. The van der Waals surface area contributed by atoms with Gasteiger partial charge in [0.1, 0.15) is 8.07 Å². The second-order valence-corrected chi connectivity index (χ2v) is 14.1. The third kappa shape index (κ3) is 4.69. The molecule has 0 aliphatic heterocycles. The lowest BCUT2D eigenvalue weighted by atomic mass is 9.99. The van der Waals surface area contributed by atoms with Crippen LogP contribution in [0.4, 0.5) is 0 Å². The van der Waals surface area contributed by atoms with Crippen LogP contribution in [0.15, 0.2) is 89.5 Å². The smallest absolute Gasteiger partial charge is 0.175 e. The molecule has 4 heteroatoms. The van der Waals surface area contributed by atoms with E-state index in [4.69, 9.17) is 0 Å². The fourth-order valence-corrected chi connectivity index (χ4v) is 6.16. The van der Waals surface area contributed by atoms with Gasteiger partial charge >= 0.3 is 0 Å². The van der Waals surface area contributed by atoms with Gasteiger partial charge in [-0.1, -0.05) is 96.3 Å². The van der Waals surface area contributed by atoms with E-state index in [0.717, 1.165) is 16.7 Å². The van der Waals surface area contributed by atoms with Crippen molar-refractivity contribution in [1.29, 1.82) is 0 Å². The van der Waals surface area contributed by atoms with Crippen LogP contribution >= 0.6 is 0 Å². The topological polar surface area (TPSA) is 34.1 Å². The molecule has 3 aromatic rings. The normalized spacial score (nSPS) is 12.8. The van der Waals surface area contributed by atoms with E-state index < -0.39 is 17.9 Å². The zero-order valence-corrected chi connectivity index (χ0v) is 18.6. The highest BCUT2D eigenvalue weighted by molar-refractivity contribution is 7.90. The van der Waals surface area contributed by atoms with Crippen molar-refractivity contribution in [3.8, 4) is 0 Å². The average Bonchev–Trinajstić information content (AvgIpc) is 2.67. The lowest BCUT2D eigenvalue weighted by Crippen LogP contribution is -2.39. The van der Waals surface area contributed by atoms with Gasteiger partial charge in [0.15, 0.2) is 9.84 Å². The molecule has 3 aromatic carbocycles. The Bertz CT molecular complexity index is 1080. The van der Waals surface area contributed by atoms with E-state index in [9.17, 15) is 8.42 Å². The van der Waals surface area contributed by atoms with Gasteiger partial charge in [-0.25, -0.2) is 8.42 Å². The molecule has 0 unspecified atom stereocenters. The van der Waals surface area contributed by atoms with E-state index in [1.54, 1.807) is 12.1 Å². The van der Waals surface area contributed by atoms with Crippen LogP contribution in [0.5, 0.6) is 0 Å². The summed E-state index contributed by atoms with van der Waals surface area (Å²) in [5.74, 6) is 0. The minimum atomic E-state index is -3.20. The lowest BCUT2D eigenvalue weighted by molar-refractivity contribution is 0.602. The molecular weight excluding hydrogens is 380 g/mol. The van der Waals surface area contributed by atoms with Crippen molar-refractivity contribution in [3.05, 3.63) is 101 Å². The summed E-state index contributed by atoms with van der Waals surface area (Å²) in [7, 11) is -5.06. The highest BCUT2D eigenvalue weighted by atomic mass is 32.2. The Morgan fingerprint density at radius 1 is 0.786 bits per heavy atom. The van der Waals surface area contributed by atoms with Gasteiger partial charge in [0.2, 0.25) is 0 Å². The van der Waals surface area contributed by atoms with E-state index in [1.165, 1.54) is 17.0 Å². The first-order valence-electron chi connectivity index (χ1n) is 9.33. The zero-order valence-electron chi connectivity index (χ0n) is 16.8. The molecule has 0 heterocycles. The number of aryl methyl sites for hydroxylation is 1. The van der Waals surface area contributed by atoms with Gasteiger partial charge in [0.05, 0.1) is 4.90 Å². The zero-order chi connectivity index (χ0) is 20.4. The molecule has 3 rings (SSSR count). The molecule has 2 nitrogen and oxygen atoms in total. The minimum absolute atomic E-state index is 0.346. The van der Waals surface area contributed by atoms with Gasteiger partial charge in [0, 0.05) is 6.26 Å². The summed E-state index contributed by atoms with van der Waals surface area (Å²) in [4.78, 5) is 0.346. The number of benzene rings is 3. The maximum Gasteiger partial charge on any atom is 0.175 e. The molecule has 0 amide bonds. The Balaban J connectivity index is 2.14. The van der Waals surface area contributed by atoms with Crippen LogP contribution in [-0.4, -0.2) is 22.7 Å². The van der Waals surface area contributed by atoms with E-state index in [2.05, 4.69) is 74.2 Å². The second kappa shape index (κ2) is 7.90. The average molecular weight is 407 g/mol. The summed E-state index contributed by atoms with van der Waals surface area (Å²) < 4.78 is 23.7. The molecule has 0 spiro atoms. The molecule has 0 aromatic heterocycles. The molecule has 0 N–H and O–H groups in total. The van der Waals surface area contributed by atoms with Crippen molar-refractivity contribution in [1.82, 2.24) is 0 Å². The molecule has 0 saturated heterocycles. The van der Waals surface area contributed by atoms with E-state index in [1.807, 2.05) is 18.2 Å². The summed E-state index contributed by atoms with van der Waals surface area (Å²) >= 11 is 0. The van der Waals surface area contributed by atoms with Gasteiger partial charge in [-0.15, -0.1) is 0 Å².